The van der Waals surface area contributed by atoms with Gasteiger partial charge in [-0.1, -0.05) is 6.92 Å². The summed E-state index contributed by atoms with van der Waals surface area (Å²) in [6.07, 6.45) is 0.551. The fraction of sp³-hybridized carbons (Fsp3) is 0.400. The zero-order valence-electron chi connectivity index (χ0n) is 19.7. The van der Waals surface area contributed by atoms with E-state index < -0.39 is 11.9 Å². The molecule has 3 amide bonds. The molecule has 0 radical (unpaired) electrons. The maximum Gasteiger partial charge on any atom is 0.257 e. The van der Waals surface area contributed by atoms with Crippen LogP contribution in [0.1, 0.15) is 44.0 Å². The van der Waals surface area contributed by atoms with Crippen molar-refractivity contribution in [3.8, 4) is 17.2 Å². The van der Waals surface area contributed by atoms with Crippen molar-refractivity contribution in [1.29, 1.82) is 0 Å². The van der Waals surface area contributed by atoms with Gasteiger partial charge in [0.2, 0.25) is 5.91 Å². The van der Waals surface area contributed by atoms with Crippen LogP contribution in [0.25, 0.3) is 0 Å². The van der Waals surface area contributed by atoms with Crippen LogP contribution in [-0.2, 0) is 9.59 Å². The molecule has 0 spiro atoms. The molecule has 1 aliphatic rings. The standard InChI is InChI=1S/C25H30N2O6/c1-6-16(3)26(24(29)17-8-13-21(31-4)22(14-17)32-5)20-15-23(28)27(25(20)30)18-9-11-19(12-10-18)33-7-2/h8-14,16,20H,6-7,15H2,1-5H3. The van der Waals surface area contributed by atoms with Crippen LogP contribution in [0, 0.1) is 0 Å². The Morgan fingerprint density at radius 3 is 2.30 bits per heavy atom. The third-order valence-electron chi connectivity index (χ3n) is 5.80. The molecular formula is C25H30N2O6. The van der Waals surface area contributed by atoms with Crippen LogP contribution >= 0.6 is 0 Å². The van der Waals surface area contributed by atoms with Gasteiger partial charge in [-0.25, -0.2) is 4.90 Å². The fourth-order valence-corrected chi connectivity index (χ4v) is 3.93. The van der Waals surface area contributed by atoms with E-state index in [0.717, 1.165) is 4.90 Å². The number of carbonyl (C=O) groups excluding carboxylic acids is 3. The molecule has 0 aromatic heterocycles. The number of ether oxygens (including phenoxy) is 3. The van der Waals surface area contributed by atoms with E-state index in [9.17, 15) is 14.4 Å². The summed E-state index contributed by atoms with van der Waals surface area (Å²) in [5.74, 6) is 0.461. The number of imide groups is 1. The van der Waals surface area contributed by atoms with E-state index in [1.54, 1.807) is 42.5 Å². The Kier molecular flexibility index (Phi) is 7.58. The summed E-state index contributed by atoms with van der Waals surface area (Å²) in [6.45, 7) is 6.21. The van der Waals surface area contributed by atoms with Gasteiger partial charge in [0.05, 0.1) is 32.9 Å². The minimum absolute atomic E-state index is 0.0740. The van der Waals surface area contributed by atoms with Crippen LogP contribution in [0.5, 0.6) is 17.2 Å². The van der Waals surface area contributed by atoms with Crippen molar-refractivity contribution in [3.63, 3.8) is 0 Å². The van der Waals surface area contributed by atoms with Gasteiger partial charge in [-0.3, -0.25) is 14.4 Å². The Morgan fingerprint density at radius 1 is 1.06 bits per heavy atom. The first-order chi connectivity index (χ1) is 15.9. The fourth-order valence-electron chi connectivity index (χ4n) is 3.93. The second-order valence-corrected chi connectivity index (χ2v) is 7.75. The molecule has 1 aliphatic heterocycles. The van der Waals surface area contributed by atoms with Crippen molar-refractivity contribution in [1.82, 2.24) is 4.90 Å². The molecule has 0 saturated carbocycles. The lowest BCUT2D eigenvalue weighted by Crippen LogP contribution is -2.49. The minimum atomic E-state index is -0.889. The van der Waals surface area contributed by atoms with Crippen LogP contribution in [0.2, 0.25) is 0 Å². The Bertz CT molecular complexity index is 1020. The molecule has 0 aliphatic carbocycles. The zero-order valence-corrected chi connectivity index (χ0v) is 19.7. The Labute approximate surface area is 194 Å². The van der Waals surface area contributed by atoms with Gasteiger partial charge in [-0.2, -0.15) is 0 Å². The van der Waals surface area contributed by atoms with Crippen LogP contribution in [0.15, 0.2) is 42.5 Å². The lowest BCUT2D eigenvalue weighted by Gasteiger charge is -2.33. The molecule has 8 nitrogen and oxygen atoms in total. The molecule has 0 N–H and O–H groups in total. The first kappa shape index (κ1) is 24.1. The molecule has 1 heterocycles. The van der Waals surface area contributed by atoms with Crippen LogP contribution < -0.4 is 19.1 Å². The molecule has 33 heavy (non-hydrogen) atoms. The van der Waals surface area contributed by atoms with E-state index >= 15 is 0 Å². The van der Waals surface area contributed by atoms with Gasteiger partial charge in [0.25, 0.3) is 11.8 Å². The smallest absolute Gasteiger partial charge is 0.257 e. The van der Waals surface area contributed by atoms with Crippen molar-refractivity contribution in [3.05, 3.63) is 48.0 Å². The van der Waals surface area contributed by atoms with Crippen LogP contribution in [-0.4, -0.2) is 55.5 Å². The van der Waals surface area contributed by atoms with Crippen molar-refractivity contribution in [2.75, 3.05) is 25.7 Å². The van der Waals surface area contributed by atoms with Crippen molar-refractivity contribution in [2.24, 2.45) is 0 Å². The number of hydrogen-bond acceptors (Lipinski definition) is 6. The largest absolute Gasteiger partial charge is 0.494 e. The van der Waals surface area contributed by atoms with Gasteiger partial charge >= 0.3 is 0 Å². The predicted octanol–water partition coefficient (Wildman–Crippen LogP) is 3.68. The molecule has 2 atom stereocenters. The molecular weight excluding hydrogens is 424 g/mol. The van der Waals surface area contributed by atoms with Crippen LogP contribution in [0.4, 0.5) is 5.69 Å². The second-order valence-electron chi connectivity index (χ2n) is 7.75. The summed E-state index contributed by atoms with van der Waals surface area (Å²) in [5, 5.41) is 0. The third-order valence-corrected chi connectivity index (χ3v) is 5.80. The highest BCUT2D eigenvalue weighted by Gasteiger charge is 2.45. The topological polar surface area (TPSA) is 85.4 Å². The lowest BCUT2D eigenvalue weighted by molar-refractivity contribution is -0.122. The molecule has 176 valence electrons. The maximum absolute atomic E-state index is 13.5. The highest BCUT2D eigenvalue weighted by molar-refractivity contribution is 6.23. The van der Waals surface area contributed by atoms with E-state index in [-0.39, 0.29) is 24.3 Å². The maximum atomic E-state index is 13.5. The number of amides is 3. The molecule has 2 aromatic carbocycles. The quantitative estimate of drug-likeness (QED) is 0.538. The van der Waals surface area contributed by atoms with Gasteiger partial charge < -0.3 is 19.1 Å². The van der Waals surface area contributed by atoms with Crippen molar-refractivity contribution >= 4 is 23.4 Å². The highest BCUT2D eigenvalue weighted by Crippen LogP contribution is 2.32. The summed E-state index contributed by atoms with van der Waals surface area (Å²) in [4.78, 5) is 42.5. The zero-order chi connectivity index (χ0) is 24.1. The predicted molar refractivity (Wildman–Crippen MR) is 124 cm³/mol. The van der Waals surface area contributed by atoms with Crippen LogP contribution in [0.3, 0.4) is 0 Å². The number of nitrogens with zero attached hydrogens (tertiary/aromatic N) is 2. The average Bonchev–Trinajstić information content (AvgIpc) is 3.12. The first-order valence-corrected chi connectivity index (χ1v) is 11.0. The molecule has 2 unspecified atom stereocenters. The number of benzene rings is 2. The lowest BCUT2D eigenvalue weighted by atomic mass is 10.1. The molecule has 3 rings (SSSR count). The molecule has 2 aromatic rings. The monoisotopic (exact) mass is 454 g/mol. The third kappa shape index (κ3) is 4.79. The van der Waals surface area contributed by atoms with E-state index in [2.05, 4.69) is 0 Å². The van der Waals surface area contributed by atoms with Gasteiger partial charge in [-0.15, -0.1) is 0 Å². The molecule has 1 fully saturated rings. The van der Waals surface area contributed by atoms with Crippen molar-refractivity contribution in [2.45, 2.75) is 45.7 Å². The number of rotatable bonds is 9. The summed E-state index contributed by atoms with van der Waals surface area (Å²) >= 11 is 0. The highest BCUT2D eigenvalue weighted by atomic mass is 16.5. The average molecular weight is 455 g/mol. The first-order valence-electron chi connectivity index (χ1n) is 11.0. The molecule has 1 saturated heterocycles. The normalized spacial score (nSPS) is 16.5. The Morgan fingerprint density at radius 2 is 1.73 bits per heavy atom. The van der Waals surface area contributed by atoms with Crippen molar-refractivity contribution < 1.29 is 28.6 Å². The number of methoxy groups -OCH3 is 2. The van der Waals surface area contributed by atoms with Gasteiger partial charge in [-0.05, 0) is 62.7 Å². The summed E-state index contributed by atoms with van der Waals surface area (Å²) in [5.41, 5.74) is 0.811. The van der Waals surface area contributed by atoms with E-state index in [1.807, 2.05) is 20.8 Å². The molecule has 8 heteroatoms. The summed E-state index contributed by atoms with van der Waals surface area (Å²) in [6, 6.07) is 10.5. The molecule has 0 bridgehead atoms. The van der Waals surface area contributed by atoms with Gasteiger partial charge in [0.1, 0.15) is 11.8 Å². The minimum Gasteiger partial charge on any atom is -0.494 e. The van der Waals surface area contributed by atoms with E-state index in [0.29, 0.717) is 41.5 Å². The van der Waals surface area contributed by atoms with Gasteiger partial charge in [0, 0.05) is 11.6 Å². The summed E-state index contributed by atoms with van der Waals surface area (Å²) < 4.78 is 16.0. The number of hydrogen-bond donors (Lipinski definition) is 0. The number of anilines is 1. The summed E-state index contributed by atoms with van der Waals surface area (Å²) in [7, 11) is 3.01. The SMILES string of the molecule is CCOc1ccc(N2C(=O)CC(N(C(=O)c3ccc(OC)c(OC)c3)C(C)CC)C2=O)cc1. The van der Waals surface area contributed by atoms with Gasteiger partial charge in [0.15, 0.2) is 11.5 Å². The Hall–Kier alpha value is -3.55. The second kappa shape index (κ2) is 10.4. The van der Waals surface area contributed by atoms with E-state index in [4.69, 9.17) is 14.2 Å². The number of carbonyl (C=O) groups is 3. The Balaban J connectivity index is 1.92. The van der Waals surface area contributed by atoms with E-state index in [1.165, 1.54) is 19.1 Å².